The number of amides is 1. The van der Waals surface area contributed by atoms with Crippen LogP contribution < -0.4 is 5.32 Å². The topological polar surface area (TPSA) is 41.6 Å². The molecule has 0 atom stereocenters. The second kappa shape index (κ2) is 7.85. The molecule has 2 aliphatic rings. The monoisotopic (exact) mass is 268 g/mol. The van der Waals surface area contributed by atoms with E-state index in [0.29, 0.717) is 6.10 Å². The molecule has 0 aromatic carbocycles. The number of carbonyl (C=O) groups excluding carboxylic acids is 1. The molecule has 1 amide bonds. The molecule has 0 unspecified atom stereocenters. The highest BCUT2D eigenvalue weighted by Crippen LogP contribution is 2.20. The van der Waals surface area contributed by atoms with Gasteiger partial charge in [-0.15, -0.1) is 0 Å². The summed E-state index contributed by atoms with van der Waals surface area (Å²) in [5.41, 5.74) is 0. The van der Waals surface area contributed by atoms with Gasteiger partial charge in [-0.3, -0.25) is 4.79 Å². The van der Waals surface area contributed by atoms with Gasteiger partial charge in [0.2, 0.25) is 5.91 Å². The van der Waals surface area contributed by atoms with E-state index in [-0.39, 0.29) is 11.8 Å². The predicted molar refractivity (Wildman–Crippen MR) is 76.1 cm³/mol. The number of carbonyl (C=O) groups is 1. The van der Waals surface area contributed by atoms with Crippen LogP contribution >= 0.6 is 0 Å². The first kappa shape index (κ1) is 14.8. The van der Waals surface area contributed by atoms with Crippen LogP contribution in [0.1, 0.15) is 44.9 Å². The van der Waals surface area contributed by atoms with Crippen LogP contribution in [0.25, 0.3) is 0 Å². The summed E-state index contributed by atoms with van der Waals surface area (Å²) >= 11 is 0. The minimum atomic E-state index is 0.229. The molecule has 2 fully saturated rings. The maximum Gasteiger partial charge on any atom is 0.223 e. The average molecular weight is 268 g/mol. The zero-order valence-corrected chi connectivity index (χ0v) is 12.2. The Labute approximate surface area is 116 Å². The molecule has 19 heavy (non-hydrogen) atoms. The van der Waals surface area contributed by atoms with Gasteiger partial charge in [0.15, 0.2) is 0 Å². The van der Waals surface area contributed by atoms with Gasteiger partial charge in [0.1, 0.15) is 0 Å². The normalized spacial score (nSPS) is 22.8. The lowest BCUT2D eigenvalue weighted by Gasteiger charge is -2.28. The first-order chi connectivity index (χ1) is 9.25. The van der Waals surface area contributed by atoms with Crippen molar-refractivity contribution in [1.29, 1.82) is 0 Å². The second-order valence-corrected chi connectivity index (χ2v) is 6.00. The first-order valence-electron chi connectivity index (χ1n) is 7.83. The molecule has 2 rings (SSSR count). The van der Waals surface area contributed by atoms with Crippen molar-refractivity contribution < 1.29 is 9.53 Å². The van der Waals surface area contributed by atoms with Crippen molar-refractivity contribution in [2.75, 3.05) is 33.3 Å². The quantitative estimate of drug-likeness (QED) is 0.747. The van der Waals surface area contributed by atoms with Crippen molar-refractivity contribution in [3.63, 3.8) is 0 Å². The van der Waals surface area contributed by atoms with Crippen LogP contribution in [0.3, 0.4) is 0 Å². The van der Waals surface area contributed by atoms with E-state index in [1.165, 1.54) is 25.7 Å². The van der Waals surface area contributed by atoms with E-state index in [9.17, 15) is 4.79 Å². The van der Waals surface area contributed by atoms with Crippen molar-refractivity contribution in [3.05, 3.63) is 0 Å². The molecule has 0 spiro atoms. The number of ether oxygens (including phenoxy) is 1. The zero-order chi connectivity index (χ0) is 13.5. The zero-order valence-electron chi connectivity index (χ0n) is 12.2. The van der Waals surface area contributed by atoms with Gasteiger partial charge in [-0.1, -0.05) is 12.8 Å². The smallest absolute Gasteiger partial charge is 0.223 e. The van der Waals surface area contributed by atoms with Crippen molar-refractivity contribution in [2.45, 2.75) is 51.0 Å². The third-order valence-corrected chi connectivity index (χ3v) is 4.37. The molecule has 0 bridgehead atoms. The van der Waals surface area contributed by atoms with Crippen molar-refractivity contribution in [2.24, 2.45) is 5.92 Å². The molecule has 110 valence electrons. The first-order valence-corrected chi connectivity index (χ1v) is 7.83. The third kappa shape index (κ3) is 5.11. The van der Waals surface area contributed by atoms with Gasteiger partial charge in [-0.05, 0) is 52.2 Å². The molecule has 4 nitrogen and oxygen atoms in total. The lowest BCUT2D eigenvalue weighted by Crippen LogP contribution is -2.39. The molecule has 0 radical (unpaired) electrons. The molecule has 0 aromatic heterocycles. The number of hydrogen-bond acceptors (Lipinski definition) is 3. The molecule has 4 heteroatoms. The highest BCUT2D eigenvalue weighted by atomic mass is 16.5. The number of hydrogen-bond donors (Lipinski definition) is 1. The second-order valence-electron chi connectivity index (χ2n) is 6.00. The molecule has 1 N–H and O–H groups in total. The number of rotatable bonds is 6. The molecule has 1 heterocycles. The van der Waals surface area contributed by atoms with E-state index >= 15 is 0 Å². The summed E-state index contributed by atoms with van der Waals surface area (Å²) in [6, 6.07) is 0. The average Bonchev–Trinajstić information content (AvgIpc) is 2.92. The van der Waals surface area contributed by atoms with Crippen LogP contribution in [0.5, 0.6) is 0 Å². The minimum absolute atomic E-state index is 0.229. The fraction of sp³-hybridized carbons (Fsp3) is 0.933. The van der Waals surface area contributed by atoms with Crippen molar-refractivity contribution in [3.8, 4) is 0 Å². The molecule has 1 saturated heterocycles. The van der Waals surface area contributed by atoms with Crippen LogP contribution in [0, 0.1) is 5.92 Å². The van der Waals surface area contributed by atoms with E-state index in [1.54, 1.807) is 0 Å². The van der Waals surface area contributed by atoms with Gasteiger partial charge in [-0.25, -0.2) is 0 Å². The van der Waals surface area contributed by atoms with Gasteiger partial charge in [-0.2, -0.15) is 0 Å². The summed E-state index contributed by atoms with van der Waals surface area (Å²) in [4.78, 5) is 14.2. The predicted octanol–water partition coefficient (Wildman–Crippen LogP) is 1.79. The SMILES string of the molecule is CN1CCC(C(=O)NCCCOC2CCCC2)CC1. The van der Waals surface area contributed by atoms with Crippen molar-refractivity contribution >= 4 is 5.91 Å². The van der Waals surface area contributed by atoms with Crippen LogP contribution in [0.15, 0.2) is 0 Å². The Bertz CT molecular complexity index is 269. The molecule has 1 aliphatic carbocycles. The summed E-state index contributed by atoms with van der Waals surface area (Å²) in [5, 5.41) is 3.06. The molecule has 1 saturated carbocycles. The Balaban J connectivity index is 1.49. The number of nitrogens with zero attached hydrogens (tertiary/aromatic N) is 1. The van der Waals surface area contributed by atoms with Gasteiger partial charge >= 0.3 is 0 Å². The highest BCUT2D eigenvalue weighted by molar-refractivity contribution is 5.78. The van der Waals surface area contributed by atoms with Crippen molar-refractivity contribution in [1.82, 2.24) is 10.2 Å². The Morgan fingerprint density at radius 3 is 2.58 bits per heavy atom. The summed E-state index contributed by atoms with van der Waals surface area (Å²) in [7, 11) is 2.12. The molecular formula is C15H28N2O2. The summed E-state index contributed by atoms with van der Waals surface area (Å²) in [6.07, 6.45) is 8.51. The van der Waals surface area contributed by atoms with E-state index in [4.69, 9.17) is 4.74 Å². The van der Waals surface area contributed by atoms with Crippen LogP contribution in [-0.4, -0.2) is 50.2 Å². The Morgan fingerprint density at radius 2 is 1.89 bits per heavy atom. The Morgan fingerprint density at radius 1 is 1.21 bits per heavy atom. The maximum absolute atomic E-state index is 12.0. The van der Waals surface area contributed by atoms with E-state index in [0.717, 1.165) is 45.5 Å². The van der Waals surface area contributed by atoms with Gasteiger partial charge < -0.3 is 15.0 Å². The maximum atomic E-state index is 12.0. The van der Waals surface area contributed by atoms with E-state index in [1.807, 2.05) is 0 Å². The fourth-order valence-corrected chi connectivity index (χ4v) is 3.00. The molecular weight excluding hydrogens is 240 g/mol. The summed E-state index contributed by atoms with van der Waals surface area (Å²) in [5.74, 6) is 0.473. The van der Waals surface area contributed by atoms with Gasteiger partial charge in [0, 0.05) is 19.1 Å². The number of likely N-dealkylation sites (tertiary alicyclic amines) is 1. The number of piperidine rings is 1. The van der Waals surface area contributed by atoms with Crippen LogP contribution in [0.2, 0.25) is 0 Å². The molecule has 0 aromatic rings. The Kier molecular flexibility index (Phi) is 6.11. The Hall–Kier alpha value is -0.610. The van der Waals surface area contributed by atoms with Crippen LogP contribution in [-0.2, 0) is 9.53 Å². The molecule has 1 aliphatic heterocycles. The third-order valence-electron chi connectivity index (χ3n) is 4.37. The van der Waals surface area contributed by atoms with E-state index in [2.05, 4.69) is 17.3 Å². The highest BCUT2D eigenvalue weighted by Gasteiger charge is 2.22. The lowest BCUT2D eigenvalue weighted by atomic mass is 9.96. The summed E-state index contributed by atoms with van der Waals surface area (Å²) in [6.45, 7) is 3.64. The van der Waals surface area contributed by atoms with E-state index < -0.39 is 0 Å². The fourth-order valence-electron chi connectivity index (χ4n) is 3.00. The number of nitrogens with one attached hydrogen (secondary N) is 1. The largest absolute Gasteiger partial charge is 0.378 e. The lowest BCUT2D eigenvalue weighted by molar-refractivity contribution is -0.126. The standard InChI is InChI=1S/C15H28N2O2/c1-17-10-7-13(8-11-17)15(18)16-9-4-12-19-14-5-2-3-6-14/h13-14H,2-12H2,1H3,(H,16,18). The van der Waals surface area contributed by atoms with Crippen LogP contribution in [0.4, 0.5) is 0 Å². The van der Waals surface area contributed by atoms with Gasteiger partial charge in [0.05, 0.1) is 6.10 Å². The van der Waals surface area contributed by atoms with Gasteiger partial charge in [0.25, 0.3) is 0 Å². The summed E-state index contributed by atoms with van der Waals surface area (Å²) < 4.78 is 5.79. The minimum Gasteiger partial charge on any atom is -0.378 e.